The average molecular weight is 697 g/mol. The molecule has 0 saturated carbocycles. The maximum absolute atomic E-state index is 12.7. The SMILES string of the molecule is CC/C=C\C/C=C\C/C=C\C/C=C\C/C=C\CCCCCC(=O)OC(CCCCCCCC)CCCCCCCCCCCCCCC(=O)O. The Morgan fingerprint density at radius 3 is 1.30 bits per heavy atom. The van der Waals surface area contributed by atoms with Crippen LogP contribution in [-0.4, -0.2) is 23.1 Å². The third kappa shape index (κ3) is 40.1. The average Bonchev–Trinajstić information content (AvgIpc) is 3.10. The molecule has 0 aromatic carbocycles. The van der Waals surface area contributed by atoms with Gasteiger partial charge in [0.2, 0.25) is 0 Å². The van der Waals surface area contributed by atoms with Gasteiger partial charge in [0, 0.05) is 12.8 Å². The van der Waals surface area contributed by atoms with Crippen LogP contribution in [-0.2, 0) is 14.3 Å². The summed E-state index contributed by atoms with van der Waals surface area (Å²) in [5, 5.41) is 8.70. The topological polar surface area (TPSA) is 63.6 Å². The molecular formula is C46H80O4. The zero-order valence-corrected chi connectivity index (χ0v) is 32.9. The van der Waals surface area contributed by atoms with E-state index in [9.17, 15) is 9.59 Å². The van der Waals surface area contributed by atoms with Gasteiger partial charge in [-0.25, -0.2) is 0 Å². The minimum Gasteiger partial charge on any atom is -0.481 e. The number of rotatable bonds is 38. The summed E-state index contributed by atoms with van der Waals surface area (Å²) >= 11 is 0. The Balaban J connectivity index is 4.01. The Hall–Kier alpha value is -2.36. The van der Waals surface area contributed by atoms with Crippen molar-refractivity contribution in [3.05, 3.63) is 60.8 Å². The first-order chi connectivity index (χ1) is 24.6. The van der Waals surface area contributed by atoms with Crippen LogP contribution in [0, 0.1) is 0 Å². The number of esters is 1. The number of carbonyl (C=O) groups excluding carboxylic acids is 1. The highest BCUT2D eigenvalue weighted by Crippen LogP contribution is 2.19. The zero-order valence-electron chi connectivity index (χ0n) is 32.9. The summed E-state index contributed by atoms with van der Waals surface area (Å²) in [6, 6.07) is 0. The molecule has 4 heteroatoms. The Kier molecular flexibility index (Phi) is 39.1. The molecule has 0 aromatic rings. The van der Waals surface area contributed by atoms with Gasteiger partial charge in [-0.1, -0.05) is 177 Å². The molecule has 0 aromatic heterocycles. The molecular weight excluding hydrogens is 617 g/mol. The second-order valence-electron chi connectivity index (χ2n) is 14.2. The van der Waals surface area contributed by atoms with E-state index in [-0.39, 0.29) is 12.1 Å². The van der Waals surface area contributed by atoms with Crippen molar-refractivity contribution < 1.29 is 19.4 Å². The van der Waals surface area contributed by atoms with Gasteiger partial charge in [-0.15, -0.1) is 0 Å². The molecule has 288 valence electrons. The largest absolute Gasteiger partial charge is 0.481 e. The van der Waals surface area contributed by atoms with E-state index in [1.807, 2.05) is 0 Å². The van der Waals surface area contributed by atoms with Crippen molar-refractivity contribution in [2.75, 3.05) is 0 Å². The second kappa shape index (κ2) is 41.1. The molecule has 0 amide bonds. The number of hydrogen-bond acceptors (Lipinski definition) is 3. The molecule has 1 N–H and O–H groups in total. The summed E-state index contributed by atoms with van der Waals surface area (Å²) in [6.07, 6.45) is 56.9. The van der Waals surface area contributed by atoms with Crippen LogP contribution >= 0.6 is 0 Å². The predicted molar refractivity (Wildman–Crippen MR) is 218 cm³/mol. The number of hydrogen-bond donors (Lipinski definition) is 1. The summed E-state index contributed by atoms with van der Waals surface area (Å²) in [7, 11) is 0. The molecule has 50 heavy (non-hydrogen) atoms. The summed E-state index contributed by atoms with van der Waals surface area (Å²) in [4.78, 5) is 23.3. The van der Waals surface area contributed by atoms with Gasteiger partial charge in [-0.2, -0.15) is 0 Å². The van der Waals surface area contributed by atoms with Gasteiger partial charge in [0.15, 0.2) is 0 Å². The van der Waals surface area contributed by atoms with Crippen LogP contribution < -0.4 is 0 Å². The molecule has 0 fully saturated rings. The molecule has 4 nitrogen and oxygen atoms in total. The monoisotopic (exact) mass is 697 g/mol. The number of carbonyl (C=O) groups is 2. The third-order valence-corrected chi connectivity index (χ3v) is 9.25. The molecule has 0 saturated heterocycles. The Bertz CT molecular complexity index is 881. The minimum absolute atomic E-state index is 0.0118. The van der Waals surface area contributed by atoms with E-state index in [0.29, 0.717) is 12.8 Å². The summed E-state index contributed by atoms with van der Waals surface area (Å²) in [5.41, 5.74) is 0. The quantitative estimate of drug-likeness (QED) is 0.0396. The van der Waals surface area contributed by atoms with E-state index in [1.165, 1.54) is 96.3 Å². The number of allylic oxidation sites excluding steroid dienone is 10. The lowest BCUT2D eigenvalue weighted by Gasteiger charge is -2.18. The van der Waals surface area contributed by atoms with E-state index in [2.05, 4.69) is 74.6 Å². The lowest BCUT2D eigenvalue weighted by molar-refractivity contribution is -0.150. The summed E-state index contributed by atoms with van der Waals surface area (Å²) in [5.74, 6) is -0.660. The number of unbranched alkanes of at least 4 members (excludes halogenated alkanes) is 19. The number of carboxylic acid groups (broad SMARTS) is 1. The highest BCUT2D eigenvalue weighted by atomic mass is 16.5. The maximum Gasteiger partial charge on any atom is 0.306 e. The standard InChI is InChI=1S/C46H80O4/c1-3-5-7-9-11-12-13-14-15-16-17-18-19-20-25-28-31-35-39-43-46(49)50-44(40-36-32-10-8-6-4-2)41-37-33-29-26-23-21-22-24-27-30-34-38-42-45(47)48/h5,7,11-12,14-15,17-18,20,25,44H,3-4,6,8-10,13,16,19,21-24,26-43H2,1-2H3,(H,47,48)/b7-5-,12-11-,15-14-,18-17-,25-20-. The fraction of sp³-hybridized carbons (Fsp3) is 0.739. The fourth-order valence-corrected chi connectivity index (χ4v) is 6.15. The van der Waals surface area contributed by atoms with Crippen LogP contribution in [0.5, 0.6) is 0 Å². The van der Waals surface area contributed by atoms with Gasteiger partial charge in [-0.05, 0) is 83.5 Å². The first kappa shape index (κ1) is 47.6. The Morgan fingerprint density at radius 1 is 0.460 bits per heavy atom. The summed E-state index contributed by atoms with van der Waals surface area (Å²) < 4.78 is 6.03. The van der Waals surface area contributed by atoms with Gasteiger partial charge < -0.3 is 9.84 Å². The van der Waals surface area contributed by atoms with Crippen molar-refractivity contribution in [3.8, 4) is 0 Å². The summed E-state index contributed by atoms with van der Waals surface area (Å²) in [6.45, 7) is 4.42. The van der Waals surface area contributed by atoms with Crippen molar-refractivity contribution >= 4 is 11.9 Å². The molecule has 0 heterocycles. The first-order valence-corrected chi connectivity index (χ1v) is 21.3. The second-order valence-corrected chi connectivity index (χ2v) is 14.2. The van der Waals surface area contributed by atoms with Crippen LogP contribution in [0.3, 0.4) is 0 Å². The van der Waals surface area contributed by atoms with E-state index < -0.39 is 5.97 Å². The zero-order chi connectivity index (χ0) is 36.4. The highest BCUT2D eigenvalue weighted by molar-refractivity contribution is 5.69. The van der Waals surface area contributed by atoms with Gasteiger partial charge in [0.05, 0.1) is 0 Å². The Morgan fingerprint density at radius 2 is 0.840 bits per heavy atom. The van der Waals surface area contributed by atoms with Gasteiger partial charge in [0.1, 0.15) is 6.10 Å². The number of carboxylic acids is 1. The van der Waals surface area contributed by atoms with Crippen molar-refractivity contribution in [2.45, 2.75) is 219 Å². The smallest absolute Gasteiger partial charge is 0.306 e. The van der Waals surface area contributed by atoms with Gasteiger partial charge in [-0.3, -0.25) is 9.59 Å². The highest BCUT2D eigenvalue weighted by Gasteiger charge is 2.14. The molecule has 0 radical (unpaired) electrons. The van der Waals surface area contributed by atoms with Crippen LogP contribution in [0.4, 0.5) is 0 Å². The van der Waals surface area contributed by atoms with Crippen molar-refractivity contribution in [2.24, 2.45) is 0 Å². The first-order valence-electron chi connectivity index (χ1n) is 21.3. The van der Waals surface area contributed by atoms with Crippen molar-refractivity contribution in [3.63, 3.8) is 0 Å². The molecule has 1 atom stereocenters. The molecule has 0 bridgehead atoms. The van der Waals surface area contributed by atoms with E-state index in [0.717, 1.165) is 89.9 Å². The van der Waals surface area contributed by atoms with Crippen molar-refractivity contribution in [1.29, 1.82) is 0 Å². The molecule has 1 unspecified atom stereocenters. The number of aliphatic carboxylic acids is 1. The van der Waals surface area contributed by atoms with Crippen molar-refractivity contribution in [1.82, 2.24) is 0 Å². The molecule has 0 spiro atoms. The van der Waals surface area contributed by atoms with E-state index >= 15 is 0 Å². The number of ether oxygens (including phenoxy) is 1. The normalized spacial score (nSPS) is 12.8. The van der Waals surface area contributed by atoms with E-state index in [1.54, 1.807) is 0 Å². The van der Waals surface area contributed by atoms with Gasteiger partial charge in [0.25, 0.3) is 0 Å². The molecule has 0 aliphatic heterocycles. The van der Waals surface area contributed by atoms with Crippen LogP contribution in [0.15, 0.2) is 60.8 Å². The minimum atomic E-state index is -0.672. The van der Waals surface area contributed by atoms with Gasteiger partial charge >= 0.3 is 11.9 Å². The van der Waals surface area contributed by atoms with Crippen LogP contribution in [0.1, 0.15) is 213 Å². The van der Waals surface area contributed by atoms with E-state index in [4.69, 9.17) is 9.84 Å². The molecule has 0 aliphatic rings. The molecule has 0 rings (SSSR count). The Labute approximate surface area is 310 Å². The van der Waals surface area contributed by atoms with Crippen LogP contribution in [0.2, 0.25) is 0 Å². The lowest BCUT2D eigenvalue weighted by Crippen LogP contribution is -2.18. The molecule has 0 aliphatic carbocycles. The van der Waals surface area contributed by atoms with Crippen LogP contribution in [0.25, 0.3) is 0 Å². The third-order valence-electron chi connectivity index (χ3n) is 9.25. The predicted octanol–water partition coefficient (Wildman–Crippen LogP) is 14.9. The maximum atomic E-state index is 12.7. The fourth-order valence-electron chi connectivity index (χ4n) is 6.15. The lowest BCUT2D eigenvalue weighted by atomic mass is 10.0.